The second-order valence-electron chi connectivity index (χ2n) is 10.2. The fraction of sp³-hybridized carbons (Fsp3) is 0.960. The first-order valence-electron chi connectivity index (χ1n) is 13.2. The van der Waals surface area contributed by atoms with Crippen molar-refractivity contribution in [2.24, 2.45) is 0 Å². The van der Waals surface area contributed by atoms with E-state index in [1.165, 1.54) is 64.2 Å². The Morgan fingerprint density at radius 3 is 1.70 bits per heavy atom. The summed E-state index contributed by atoms with van der Waals surface area (Å²) in [6, 6.07) is 0. The summed E-state index contributed by atoms with van der Waals surface area (Å²) in [5.41, 5.74) is 0. The molecule has 2 unspecified atom stereocenters. The first-order chi connectivity index (χ1) is 15.5. The zero-order valence-corrected chi connectivity index (χ0v) is 23.0. The van der Waals surface area contributed by atoms with Gasteiger partial charge in [-0.05, 0) is 6.42 Å². The molecule has 0 fully saturated rings. The molecule has 0 spiro atoms. The van der Waals surface area contributed by atoms with E-state index in [9.17, 15) is 19.4 Å². The molecule has 198 valence electrons. The molecular weight excluding hydrogens is 441 g/mol. The topological polar surface area (TPSA) is 93.1 Å². The van der Waals surface area contributed by atoms with E-state index in [-0.39, 0.29) is 23.7 Å². The minimum atomic E-state index is -3.90. The summed E-state index contributed by atoms with van der Waals surface area (Å²) < 4.78 is 23.0. The van der Waals surface area contributed by atoms with E-state index in [1.54, 1.807) is 0 Å². The minimum absolute atomic E-state index is 0.224. The van der Waals surface area contributed by atoms with Crippen LogP contribution in [0.2, 0.25) is 0 Å². The first kappa shape index (κ1) is 32.5. The van der Waals surface area contributed by atoms with Gasteiger partial charge in [0.25, 0.3) is 0 Å². The summed E-state index contributed by atoms with van der Waals surface area (Å²) in [4.78, 5) is 22.1. The lowest BCUT2D eigenvalue weighted by molar-refractivity contribution is -0.883. The Morgan fingerprint density at radius 1 is 0.818 bits per heavy atom. The highest BCUT2D eigenvalue weighted by Gasteiger charge is 2.41. The number of esters is 1. The molecule has 0 amide bonds. The average molecular weight is 495 g/mol. The van der Waals surface area contributed by atoms with Gasteiger partial charge in [0.2, 0.25) is 0 Å². The van der Waals surface area contributed by atoms with Crippen molar-refractivity contribution in [2.75, 3.05) is 34.4 Å². The summed E-state index contributed by atoms with van der Waals surface area (Å²) in [5, 5.41) is 9.96. The molecule has 0 saturated carbocycles. The van der Waals surface area contributed by atoms with Crippen molar-refractivity contribution in [3.8, 4) is 0 Å². The molecule has 0 aromatic rings. The fourth-order valence-electron chi connectivity index (χ4n) is 4.09. The highest BCUT2D eigenvalue weighted by Crippen LogP contribution is 2.51. The van der Waals surface area contributed by atoms with Gasteiger partial charge in [-0.15, -0.1) is 0 Å². The van der Waals surface area contributed by atoms with Gasteiger partial charge in [0.15, 0.2) is 5.78 Å². The number of carbonyl (C=O) groups excluding carboxylic acids is 1. The lowest BCUT2D eigenvalue weighted by Gasteiger charge is -2.35. The number of hydrogen-bond donors (Lipinski definition) is 2. The third kappa shape index (κ3) is 17.6. The molecule has 0 bridgehead atoms. The molecule has 0 aromatic carbocycles. The Bertz CT molecular complexity index is 537. The minimum Gasteiger partial charge on any atom is -0.463 e. The van der Waals surface area contributed by atoms with Crippen LogP contribution in [0, 0.1) is 0 Å². The molecule has 0 aliphatic heterocycles. The van der Waals surface area contributed by atoms with Crippen LogP contribution in [0.1, 0.15) is 110 Å². The van der Waals surface area contributed by atoms with Crippen molar-refractivity contribution in [3.63, 3.8) is 0 Å². The number of nitrogens with zero attached hydrogens (tertiary/aromatic N) is 1. The van der Waals surface area contributed by atoms with Crippen molar-refractivity contribution in [1.29, 1.82) is 0 Å². The smallest absolute Gasteiger partial charge is 0.385 e. The summed E-state index contributed by atoms with van der Waals surface area (Å²) in [6.45, 7) is 3.52. The highest BCUT2D eigenvalue weighted by atomic mass is 31.2. The van der Waals surface area contributed by atoms with Crippen LogP contribution in [0.3, 0.4) is 0 Å². The predicted octanol–water partition coefficient (Wildman–Crippen LogP) is 6.02. The van der Waals surface area contributed by atoms with E-state index in [2.05, 4.69) is 6.92 Å². The zero-order chi connectivity index (χ0) is 25.2. The number of carbonyl (C=O) groups is 1. The number of quaternary nitrogens is 1. The molecule has 0 saturated heterocycles. The number of hydrogen-bond acceptors (Lipinski definition) is 5. The SMILES string of the molecule is CCCCCCCCCCCCCCCC(=O)OC[C@@H](O)COP(=O)(O)C(CC)[N+](C)(C)C. The number of aliphatic hydroxyl groups excluding tert-OH is 1. The van der Waals surface area contributed by atoms with E-state index in [0.717, 1.165) is 19.3 Å². The van der Waals surface area contributed by atoms with E-state index in [1.807, 2.05) is 28.1 Å². The van der Waals surface area contributed by atoms with Gasteiger partial charge in [0.1, 0.15) is 12.7 Å². The molecule has 0 rings (SSSR count). The van der Waals surface area contributed by atoms with Crippen molar-refractivity contribution in [3.05, 3.63) is 0 Å². The van der Waals surface area contributed by atoms with Gasteiger partial charge in [-0.2, -0.15) is 0 Å². The molecule has 2 N–H and O–H groups in total. The van der Waals surface area contributed by atoms with E-state index < -0.39 is 19.5 Å². The molecule has 8 heteroatoms. The van der Waals surface area contributed by atoms with Crippen LogP contribution in [0.15, 0.2) is 0 Å². The van der Waals surface area contributed by atoms with Gasteiger partial charge in [-0.1, -0.05) is 90.9 Å². The van der Waals surface area contributed by atoms with Gasteiger partial charge in [-0.3, -0.25) is 9.36 Å². The maximum Gasteiger partial charge on any atom is 0.385 e. The third-order valence-electron chi connectivity index (χ3n) is 6.01. The molecule has 33 heavy (non-hydrogen) atoms. The molecule has 0 aliphatic carbocycles. The zero-order valence-electron chi connectivity index (χ0n) is 22.1. The van der Waals surface area contributed by atoms with Crippen LogP contribution in [-0.2, 0) is 18.6 Å². The highest BCUT2D eigenvalue weighted by molar-refractivity contribution is 7.53. The van der Waals surface area contributed by atoms with Crippen molar-refractivity contribution in [1.82, 2.24) is 0 Å². The Labute approximate surface area is 203 Å². The molecule has 7 nitrogen and oxygen atoms in total. The van der Waals surface area contributed by atoms with E-state index in [0.29, 0.717) is 12.8 Å². The molecule has 3 atom stereocenters. The summed E-state index contributed by atoms with van der Waals surface area (Å²) >= 11 is 0. The second kappa shape index (κ2) is 18.8. The molecular formula is C25H53NO6P+. The monoisotopic (exact) mass is 494 g/mol. The number of aliphatic hydroxyl groups is 1. The van der Waals surface area contributed by atoms with E-state index >= 15 is 0 Å². The van der Waals surface area contributed by atoms with Crippen LogP contribution in [0.25, 0.3) is 0 Å². The third-order valence-corrected chi connectivity index (χ3v) is 8.34. The normalized spacial score (nSPS) is 15.7. The Kier molecular flexibility index (Phi) is 18.6. The van der Waals surface area contributed by atoms with Crippen LogP contribution in [0.5, 0.6) is 0 Å². The van der Waals surface area contributed by atoms with Crippen LogP contribution in [-0.4, -0.2) is 66.7 Å². The summed E-state index contributed by atoms with van der Waals surface area (Å²) in [5.74, 6) is -0.926. The van der Waals surface area contributed by atoms with Crippen molar-refractivity contribution >= 4 is 13.6 Å². The van der Waals surface area contributed by atoms with Crippen LogP contribution in [0.4, 0.5) is 0 Å². The van der Waals surface area contributed by atoms with Gasteiger partial charge in [0, 0.05) is 12.8 Å². The van der Waals surface area contributed by atoms with Crippen LogP contribution >= 0.6 is 7.60 Å². The molecule has 0 heterocycles. The number of unbranched alkanes of at least 4 members (excludes halogenated alkanes) is 12. The largest absolute Gasteiger partial charge is 0.463 e. The summed E-state index contributed by atoms with van der Waals surface area (Å²) in [6.07, 6.45) is 15.9. The molecule has 0 aliphatic rings. The van der Waals surface area contributed by atoms with Crippen molar-refractivity contribution < 1.29 is 33.1 Å². The lowest BCUT2D eigenvalue weighted by atomic mass is 10.0. The van der Waals surface area contributed by atoms with Crippen molar-refractivity contribution in [2.45, 2.75) is 122 Å². The standard InChI is InChI=1S/C25H52NO6P/c1-6-8-9-10-11-12-13-14-15-16-17-18-19-20-25(28)31-21-23(27)22-32-33(29,30)24(7-2)26(3,4)5/h23-24,27H,6-22H2,1-5H3/p+1/t23-,24?/m1/s1. The Balaban J connectivity index is 3.73. The lowest BCUT2D eigenvalue weighted by Crippen LogP contribution is -2.45. The molecule has 0 radical (unpaired) electrons. The summed E-state index contributed by atoms with van der Waals surface area (Å²) in [7, 11) is 1.59. The Morgan fingerprint density at radius 2 is 1.27 bits per heavy atom. The van der Waals surface area contributed by atoms with Gasteiger partial charge >= 0.3 is 13.6 Å². The Hall–Kier alpha value is -0.460. The average Bonchev–Trinajstić information content (AvgIpc) is 2.73. The second-order valence-corrected chi connectivity index (χ2v) is 12.2. The van der Waals surface area contributed by atoms with Gasteiger partial charge in [-0.25, -0.2) is 0 Å². The van der Waals surface area contributed by atoms with Crippen LogP contribution < -0.4 is 0 Å². The number of rotatable bonds is 22. The van der Waals surface area contributed by atoms with Gasteiger partial charge < -0.3 is 23.7 Å². The maximum atomic E-state index is 12.5. The quantitative estimate of drug-likeness (QED) is 0.0828. The van der Waals surface area contributed by atoms with E-state index in [4.69, 9.17) is 9.26 Å². The number of ether oxygens (including phenoxy) is 1. The predicted molar refractivity (Wildman–Crippen MR) is 135 cm³/mol. The molecule has 0 aromatic heterocycles. The maximum absolute atomic E-state index is 12.5. The van der Waals surface area contributed by atoms with Gasteiger partial charge in [0.05, 0.1) is 27.7 Å². The fourth-order valence-corrected chi connectivity index (χ4v) is 5.99. The first-order valence-corrected chi connectivity index (χ1v) is 14.8.